The van der Waals surface area contributed by atoms with Crippen molar-refractivity contribution in [2.24, 2.45) is 0 Å². The van der Waals surface area contributed by atoms with Gasteiger partial charge in [-0.1, -0.05) is 15.9 Å². The molecular weight excluding hydrogens is 221 g/mol. The first-order chi connectivity index (χ1) is 5.77. The summed E-state index contributed by atoms with van der Waals surface area (Å²) >= 11 is 3.36. The van der Waals surface area contributed by atoms with E-state index in [2.05, 4.69) is 20.9 Å². The van der Waals surface area contributed by atoms with E-state index in [0.717, 1.165) is 9.86 Å². The molecule has 1 nitrogen and oxygen atoms in total. The van der Waals surface area contributed by atoms with Crippen molar-refractivity contribution in [3.8, 4) is 0 Å². The lowest BCUT2D eigenvalue weighted by Gasteiger charge is -1.98. The highest BCUT2D eigenvalue weighted by molar-refractivity contribution is 9.10. The number of pyridine rings is 1. The van der Waals surface area contributed by atoms with Crippen LogP contribution >= 0.6 is 15.9 Å². The Balaban J connectivity index is 2.86. The fraction of sp³-hybridized carbons (Fsp3) is 0. The molecule has 2 aromatic rings. The van der Waals surface area contributed by atoms with Crippen molar-refractivity contribution < 1.29 is 4.39 Å². The summed E-state index contributed by atoms with van der Waals surface area (Å²) in [5.74, 6) is -0.256. The monoisotopic (exact) mass is 225 g/mol. The number of fused-ring (bicyclic) bond motifs is 1. The molecule has 3 heteroatoms. The lowest BCUT2D eigenvalue weighted by molar-refractivity contribution is 0.629. The van der Waals surface area contributed by atoms with Gasteiger partial charge in [0.05, 0.1) is 5.52 Å². The third-order valence-corrected chi connectivity index (χ3v) is 2.34. The van der Waals surface area contributed by atoms with Gasteiger partial charge in [0.15, 0.2) is 0 Å². The van der Waals surface area contributed by atoms with Gasteiger partial charge in [0.2, 0.25) is 0 Å². The minimum Gasteiger partial charge on any atom is -0.256 e. The van der Waals surface area contributed by atoms with Crippen molar-refractivity contribution in [3.05, 3.63) is 40.8 Å². The van der Waals surface area contributed by atoms with Crippen LogP contribution in [-0.4, -0.2) is 4.98 Å². The molecule has 2 rings (SSSR count). The van der Waals surface area contributed by atoms with Crippen molar-refractivity contribution in [2.45, 2.75) is 0 Å². The maximum absolute atomic E-state index is 12.7. The van der Waals surface area contributed by atoms with E-state index in [9.17, 15) is 4.39 Å². The van der Waals surface area contributed by atoms with Crippen LogP contribution < -0.4 is 0 Å². The van der Waals surface area contributed by atoms with Gasteiger partial charge >= 0.3 is 0 Å². The number of hydrogen-bond donors (Lipinski definition) is 0. The van der Waals surface area contributed by atoms with Crippen molar-refractivity contribution in [3.63, 3.8) is 0 Å². The van der Waals surface area contributed by atoms with Crippen LogP contribution in [0.1, 0.15) is 0 Å². The Kier molecular flexibility index (Phi) is 1.81. The number of hydrogen-bond acceptors (Lipinski definition) is 1. The highest BCUT2D eigenvalue weighted by atomic mass is 79.9. The van der Waals surface area contributed by atoms with E-state index in [-0.39, 0.29) is 5.82 Å². The number of rotatable bonds is 0. The highest BCUT2D eigenvalue weighted by Gasteiger charge is 1.99. The Morgan fingerprint density at radius 1 is 1.25 bits per heavy atom. The van der Waals surface area contributed by atoms with Gasteiger partial charge in [-0.15, -0.1) is 0 Å². The van der Waals surface area contributed by atoms with Crippen molar-refractivity contribution >= 4 is 26.8 Å². The van der Waals surface area contributed by atoms with E-state index in [1.807, 2.05) is 6.07 Å². The van der Waals surface area contributed by atoms with E-state index in [0.29, 0.717) is 5.52 Å². The maximum Gasteiger partial charge on any atom is 0.125 e. The molecule has 0 aliphatic carbocycles. The first kappa shape index (κ1) is 7.68. The Morgan fingerprint density at radius 2 is 2.08 bits per heavy atom. The zero-order chi connectivity index (χ0) is 8.55. The van der Waals surface area contributed by atoms with Crippen LogP contribution in [0.5, 0.6) is 0 Å². The molecule has 60 valence electrons. The fourth-order valence-electron chi connectivity index (χ4n) is 1.09. The molecule has 0 unspecified atom stereocenters. The number of halogens is 2. The second-order valence-electron chi connectivity index (χ2n) is 2.45. The van der Waals surface area contributed by atoms with Gasteiger partial charge in [0.1, 0.15) is 5.82 Å². The summed E-state index contributed by atoms with van der Waals surface area (Å²) in [4.78, 5) is 4.03. The van der Waals surface area contributed by atoms with Crippen LogP contribution in [0, 0.1) is 5.82 Å². The third-order valence-electron chi connectivity index (χ3n) is 1.65. The molecule has 0 amide bonds. The number of benzene rings is 1. The average Bonchev–Trinajstić information content (AvgIpc) is 2.04. The maximum atomic E-state index is 12.7. The quantitative estimate of drug-likeness (QED) is 0.672. The van der Waals surface area contributed by atoms with Gasteiger partial charge in [-0.25, -0.2) is 4.39 Å². The Morgan fingerprint density at radius 3 is 2.92 bits per heavy atom. The van der Waals surface area contributed by atoms with Crippen LogP contribution in [0.15, 0.2) is 34.9 Å². The van der Waals surface area contributed by atoms with Crippen LogP contribution in [0.2, 0.25) is 0 Å². The van der Waals surface area contributed by atoms with Gasteiger partial charge in [0.25, 0.3) is 0 Å². The Hall–Kier alpha value is -0.960. The first-order valence-corrected chi connectivity index (χ1v) is 4.26. The molecule has 0 radical (unpaired) electrons. The molecular formula is C9H5BrFN. The van der Waals surface area contributed by atoms with Crippen LogP contribution in [-0.2, 0) is 0 Å². The van der Waals surface area contributed by atoms with Crippen LogP contribution in [0.4, 0.5) is 4.39 Å². The minimum atomic E-state index is -0.256. The van der Waals surface area contributed by atoms with Gasteiger partial charge in [-0.05, 0) is 18.2 Å². The molecule has 0 aliphatic heterocycles. The second-order valence-corrected chi connectivity index (χ2v) is 3.31. The molecule has 1 heterocycles. The molecule has 0 N–H and O–H groups in total. The molecule has 0 bridgehead atoms. The van der Waals surface area contributed by atoms with E-state index >= 15 is 0 Å². The molecule has 0 atom stereocenters. The summed E-state index contributed by atoms with van der Waals surface area (Å²) in [5, 5.41) is 0.930. The summed E-state index contributed by atoms with van der Waals surface area (Å²) in [6, 6.07) is 6.39. The molecule has 0 spiro atoms. The lowest BCUT2D eigenvalue weighted by Crippen LogP contribution is -1.80. The smallest absolute Gasteiger partial charge is 0.125 e. The lowest BCUT2D eigenvalue weighted by atomic mass is 10.2. The highest BCUT2D eigenvalue weighted by Crippen LogP contribution is 2.21. The predicted molar refractivity (Wildman–Crippen MR) is 49.4 cm³/mol. The first-order valence-electron chi connectivity index (χ1n) is 3.47. The fourth-order valence-corrected chi connectivity index (χ4v) is 1.54. The van der Waals surface area contributed by atoms with Crippen molar-refractivity contribution in [1.29, 1.82) is 0 Å². The zero-order valence-electron chi connectivity index (χ0n) is 6.09. The standard InChI is InChI=1S/C9H5BrFN/c10-8-3-4-12-9-5-6(11)1-2-7(8)9/h1-5H. The number of nitrogens with zero attached hydrogens (tertiary/aromatic N) is 1. The SMILES string of the molecule is Fc1ccc2c(Br)ccnc2c1. The van der Waals surface area contributed by atoms with Gasteiger partial charge in [0, 0.05) is 22.1 Å². The van der Waals surface area contributed by atoms with Crippen LogP contribution in [0.3, 0.4) is 0 Å². The molecule has 1 aromatic heterocycles. The molecule has 0 saturated carbocycles. The summed E-state index contributed by atoms with van der Waals surface area (Å²) in [5.41, 5.74) is 0.671. The average molecular weight is 226 g/mol. The summed E-state index contributed by atoms with van der Waals surface area (Å²) < 4.78 is 13.7. The van der Waals surface area contributed by atoms with Crippen LogP contribution in [0.25, 0.3) is 10.9 Å². The predicted octanol–water partition coefficient (Wildman–Crippen LogP) is 3.14. The summed E-state index contributed by atoms with van der Waals surface area (Å²) in [6.45, 7) is 0. The van der Waals surface area contributed by atoms with Gasteiger partial charge < -0.3 is 0 Å². The topological polar surface area (TPSA) is 12.9 Å². The molecule has 1 aromatic carbocycles. The number of aromatic nitrogens is 1. The van der Waals surface area contributed by atoms with Crippen molar-refractivity contribution in [2.75, 3.05) is 0 Å². The summed E-state index contributed by atoms with van der Waals surface area (Å²) in [6.07, 6.45) is 1.64. The van der Waals surface area contributed by atoms with E-state index in [4.69, 9.17) is 0 Å². The molecule has 0 saturated heterocycles. The van der Waals surface area contributed by atoms with Crippen molar-refractivity contribution in [1.82, 2.24) is 4.98 Å². The van der Waals surface area contributed by atoms with Gasteiger partial charge in [-0.2, -0.15) is 0 Å². The molecule has 0 aliphatic rings. The largest absolute Gasteiger partial charge is 0.256 e. The normalized spacial score (nSPS) is 10.5. The Labute approximate surface area is 77.4 Å². The molecule has 12 heavy (non-hydrogen) atoms. The zero-order valence-corrected chi connectivity index (χ0v) is 7.68. The summed E-state index contributed by atoms with van der Waals surface area (Å²) in [7, 11) is 0. The van der Waals surface area contributed by atoms with E-state index < -0.39 is 0 Å². The second kappa shape index (κ2) is 2.83. The van der Waals surface area contributed by atoms with Gasteiger partial charge in [-0.3, -0.25) is 4.98 Å². The van der Waals surface area contributed by atoms with E-state index in [1.165, 1.54) is 12.1 Å². The molecule has 0 fully saturated rings. The van der Waals surface area contributed by atoms with E-state index in [1.54, 1.807) is 12.3 Å². The third kappa shape index (κ3) is 1.20. The Bertz CT molecular complexity index is 428. The minimum absolute atomic E-state index is 0.256.